The molecule has 2 bridgehead atoms. The summed E-state index contributed by atoms with van der Waals surface area (Å²) in [5, 5.41) is 34.6. The Morgan fingerprint density at radius 2 is 1.78 bits per heavy atom. The van der Waals surface area contributed by atoms with Crippen LogP contribution in [0.25, 0.3) is 0 Å². The number of aliphatic hydroxyl groups is 3. The normalized spacial score (nSPS) is 40.7. The van der Waals surface area contributed by atoms with Crippen LogP contribution in [0.4, 0.5) is 0 Å². The lowest BCUT2D eigenvalue weighted by Gasteiger charge is -2.45. The molecule has 0 aromatic carbocycles. The van der Waals surface area contributed by atoms with Gasteiger partial charge in [-0.15, -0.1) is 0 Å². The van der Waals surface area contributed by atoms with Crippen molar-refractivity contribution >= 4 is 17.7 Å². The average Bonchev–Trinajstić information content (AvgIpc) is 3.22. The molecule has 0 saturated heterocycles. The lowest BCUT2D eigenvalue weighted by Crippen LogP contribution is -2.63. The minimum Gasteiger partial charge on any atom is -0.461 e. The Bertz CT molecular complexity index is 1050. The number of esters is 2. The van der Waals surface area contributed by atoms with Crippen LogP contribution in [-0.2, 0) is 23.9 Å². The molecule has 0 aromatic heterocycles. The zero-order chi connectivity index (χ0) is 27.1. The first-order valence-electron chi connectivity index (χ1n) is 12.9. The van der Waals surface area contributed by atoms with Gasteiger partial charge in [0.05, 0.1) is 10.8 Å². The summed E-state index contributed by atoms with van der Waals surface area (Å²) in [4.78, 5) is 39.4. The Labute approximate surface area is 212 Å². The number of aliphatic hydroxyl groups excluding tert-OH is 2. The summed E-state index contributed by atoms with van der Waals surface area (Å²) in [5.41, 5.74) is -5.47. The van der Waals surface area contributed by atoms with Crippen molar-refractivity contribution in [3.05, 3.63) is 23.3 Å². The first kappa shape index (κ1) is 27.0. The first-order valence-corrected chi connectivity index (χ1v) is 12.9. The molecule has 36 heavy (non-hydrogen) atoms. The molecule has 0 aliphatic heterocycles. The topological polar surface area (TPSA) is 130 Å². The number of rotatable bonds is 5. The largest absolute Gasteiger partial charge is 0.461 e. The number of Topliss-reactive ketones (excluding diaryl/α,β-unsaturated/α-hetero) is 1. The van der Waals surface area contributed by atoms with Gasteiger partial charge in [0.2, 0.25) is 0 Å². The summed E-state index contributed by atoms with van der Waals surface area (Å²) < 4.78 is 11.6. The summed E-state index contributed by atoms with van der Waals surface area (Å²) in [6.07, 6.45) is 1.37. The van der Waals surface area contributed by atoms with Gasteiger partial charge in [0.15, 0.2) is 5.78 Å². The van der Waals surface area contributed by atoms with E-state index in [0.29, 0.717) is 18.4 Å². The number of allylic oxidation sites excluding steroid dienone is 1. The first-order chi connectivity index (χ1) is 16.5. The van der Waals surface area contributed by atoms with Gasteiger partial charge >= 0.3 is 11.9 Å². The molecule has 3 N–H and O–H groups in total. The van der Waals surface area contributed by atoms with Crippen molar-refractivity contribution in [3.63, 3.8) is 0 Å². The highest BCUT2D eigenvalue weighted by molar-refractivity contribution is 5.95. The van der Waals surface area contributed by atoms with E-state index < -0.39 is 51.5 Å². The van der Waals surface area contributed by atoms with Crippen molar-refractivity contribution in [2.45, 2.75) is 97.6 Å². The molecule has 1 spiro atoms. The number of carbonyl (C=O) groups is 3. The number of hydrogen-bond donors (Lipinski definition) is 3. The summed E-state index contributed by atoms with van der Waals surface area (Å²) in [6.45, 7) is 12.2. The van der Waals surface area contributed by atoms with E-state index in [4.69, 9.17) is 9.47 Å². The monoisotopic (exact) mass is 504 g/mol. The Kier molecular flexibility index (Phi) is 6.18. The van der Waals surface area contributed by atoms with E-state index in [1.54, 1.807) is 39.8 Å². The van der Waals surface area contributed by atoms with Crippen LogP contribution in [0.1, 0.15) is 74.1 Å². The van der Waals surface area contributed by atoms with E-state index >= 15 is 0 Å². The highest BCUT2D eigenvalue weighted by Gasteiger charge is 2.81. The molecule has 1 unspecified atom stereocenters. The SMILES string of the molecule is CCCC(=O)O[C@@]12CC[C@]34C=C(C)[C@H](O)[C@@]3(O)[C@H](O)C(COC(=O)C(C)(C)C)=C[C@H](C4=O)C1C2(C)C. The minimum atomic E-state index is -2.24. The fourth-order valence-electron chi connectivity index (χ4n) is 7.11. The molecule has 0 amide bonds. The van der Waals surface area contributed by atoms with Crippen LogP contribution in [0.5, 0.6) is 0 Å². The predicted octanol–water partition coefficient (Wildman–Crippen LogP) is 2.63. The third-order valence-corrected chi connectivity index (χ3v) is 9.21. The number of carbonyl (C=O) groups excluding carboxylic acids is 3. The number of ether oxygens (including phenoxy) is 2. The van der Waals surface area contributed by atoms with Gasteiger partial charge in [0, 0.05) is 23.7 Å². The molecule has 4 aliphatic carbocycles. The molecule has 0 heterocycles. The van der Waals surface area contributed by atoms with Crippen molar-refractivity contribution in [1.82, 2.24) is 0 Å². The molecule has 2 saturated carbocycles. The third-order valence-electron chi connectivity index (χ3n) is 9.21. The third kappa shape index (κ3) is 3.40. The van der Waals surface area contributed by atoms with E-state index in [1.165, 1.54) is 0 Å². The quantitative estimate of drug-likeness (QED) is 0.385. The fraction of sp³-hybridized carbons (Fsp3) is 0.750. The summed E-state index contributed by atoms with van der Waals surface area (Å²) in [5.74, 6) is -2.33. The van der Waals surface area contributed by atoms with Gasteiger partial charge < -0.3 is 24.8 Å². The second-order valence-electron chi connectivity index (χ2n) is 12.8. The Hall–Kier alpha value is -2.03. The van der Waals surface area contributed by atoms with E-state index in [0.717, 1.165) is 0 Å². The van der Waals surface area contributed by atoms with Crippen molar-refractivity contribution < 1.29 is 39.2 Å². The van der Waals surface area contributed by atoms with Gasteiger partial charge in [-0.3, -0.25) is 14.4 Å². The number of fused-ring (bicyclic) bond motifs is 3. The molecule has 7 atom stereocenters. The maximum Gasteiger partial charge on any atom is 0.311 e. The molecular weight excluding hydrogens is 464 g/mol. The second-order valence-corrected chi connectivity index (χ2v) is 12.8. The van der Waals surface area contributed by atoms with Crippen LogP contribution >= 0.6 is 0 Å². The zero-order valence-electron chi connectivity index (χ0n) is 22.4. The molecular formula is C28H40O8. The van der Waals surface area contributed by atoms with Gasteiger partial charge in [-0.1, -0.05) is 32.9 Å². The van der Waals surface area contributed by atoms with Gasteiger partial charge in [-0.25, -0.2) is 0 Å². The van der Waals surface area contributed by atoms with Crippen LogP contribution in [-0.4, -0.2) is 63.1 Å². The van der Waals surface area contributed by atoms with Crippen LogP contribution < -0.4 is 0 Å². The van der Waals surface area contributed by atoms with Crippen LogP contribution in [0.3, 0.4) is 0 Å². The van der Waals surface area contributed by atoms with Crippen molar-refractivity contribution in [3.8, 4) is 0 Å². The lowest BCUT2D eigenvalue weighted by molar-refractivity contribution is -0.183. The second kappa shape index (κ2) is 8.23. The molecule has 2 fully saturated rings. The summed E-state index contributed by atoms with van der Waals surface area (Å²) >= 11 is 0. The minimum absolute atomic E-state index is 0.104. The highest BCUT2D eigenvalue weighted by Crippen LogP contribution is 2.74. The van der Waals surface area contributed by atoms with E-state index in [-0.39, 0.29) is 42.7 Å². The molecule has 0 radical (unpaired) electrons. The molecule has 8 nitrogen and oxygen atoms in total. The van der Waals surface area contributed by atoms with E-state index in [1.807, 2.05) is 20.8 Å². The van der Waals surface area contributed by atoms with Crippen molar-refractivity contribution in [1.29, 1.82) is 0 Å². The Balaban J connectivity index is 1.83. The average molecular weight is 505 g/mol. The Morgan fingerprint density at radius 3 is 2.36 bits per heavy atom. The molecule has 0 aromatic rings. The molecule has 8 heteroatoms. The van der Waals surface area contributed by atoms with Gasteiger partial charge in [-0.2, -0.15) is 0 Å². The standard InChI is InChI=1S/C28H40O8/c1-8-9-18(29)36-27-11-10-26-13-15(2)20(30)28(26,34)21(31)16(14-35-23(33)24(3,4)5)12-17(22(26)32)19(27)25(27,6)7/h12-13,17,19-21,30-31,34H,8-11,14H2,1-7H3/t17-,19?,20-,21+,26+,27-,28+/m0/s1. The summed E-state index contributed by atoms with van der Waals surface area (Å²) in [6, 6.07) is 0. The number of ketones is 1. The molecule has 4 rings (SSSR count). The smallest absolute Gasteiger partial charge is 0.311 e. The highest BCUT2D eigenvalue weighted by atomic mass is 16.6. The van der Waals surface area contributed by atoms with Gasteiger partial charge in [0.25, 0.3) is 0 Å². The fourth-order valence-corrected chi connectivity index (χ4v) is 7.11. The molecule has 200 valence electrons. The van der Waals surface area contributed by atoms with Crippen LogP contribution in [0, 0.1) is 28.1 Å². The van der Waals surface area contributed by atoms with Crippen molar-refractivity contribution in [2.75, 3.05) is 6.61 Å². The van der Waals surface area contributed by atoms with E-state index in [9.17, 15) is 29.7 Å². The Morgan fingerprint density at radius 1 is 1.14 bits per heavy atom. The zero-order valence-corrected chi connectivity index (χ0v) is 22.4. The van der Waals surface area contributed by atoms with Crippen LogP contribution in [0.15, 0.2) is 23.3 Å². The summed E-state index contributed by atoms with van der Waals surface area (Å²) in [7, 11) is 0. The number of hydrogen-bond acceptors (Lipinski definition) is 8. The predicted molar refractivity (Wildman–Crippen MR) is 130 cm³/mol. The van der Waals surface area contributed by atoms with Crippen LogP contribution in [0.2, 0.25) is 0 Å². The maximum atomic E-state index is 14.3. The molecule has 4 aliphatic rings. The lowest BCUT2D eigenvalue weighted by atomic mass is 9.63. The van der Waals surface area contributed by atoms with Gasteiger partial charge in [0.1, 0.15) is 30.0 Å². The van der Waals surface area contributed by atoms with Crippen molar-refractivity contribution in [2.24, 2.45) is 28.1 Å². The van der Waals surface area contributed by atoms with Gasteiger partial charge in [-0.05, 0) is 58.1 Å². The maximum absolute atomic E-state index is 14.3. The van der Waals surface area contributed by atoms with E-state index in [2.05, 4.69) is 0 Å².